The maximum atomic E-state index is 9.43. The molecule has 0 amide bonds. The third kappa shape index (κ3) is 3.34. The molecule has 2 aromatic heterocycles. The predicted octanol–water partition coefficient (Wildman–Crippen LogP) is 6.13. The molecular weight excluding hydrogens is 340 g/mol. The van der Waals surface area contributed by atoms with E-state index in [9.17, 15) is 5.26 Å². The van der Waals surface area contributed by atoms with Gasteiger partial charge in [0.15, 0.2) is 0 Å². The van der Waals surface area contributed by atoms with Crippen LogP contribution < -0.4 is 0 Å². The lowest BCUT2D eigenvalue weighted by atomic mass is 10.0. The molecule has 124 valence electrons. The molecule has 0 aliphatic carbocycles. The number of benzene rings is 2. The molecule has 0 radical (unpaired) electrons. The van der Waals surface area contributed by atoms with Crippen molar-refractivity contribution < 1.29 is 4.42 Å². The quantitative estimate of drug-likeness (QED) is 0.414. The van der Waals surface area contributed by atoms with Crippen molar-refractivity contribution in [2.75, 3.05) is 0 Å². The van der Waals surface area contributed by atoms with Crippen molar-refractivity contribution >= 4 is 23.0 Å². The van der Waals surface area contributed by atoms with Gasteiger partial charge in [-0.25, -0.2) is 4.98 Å². The lowest BCUT2D eigenvalue weighted by molar-refractivity contribution is 0.557. The Bertz CT molecular complexity index is 1070. The van der Waals surface area contributed by atoms with Crippen LogP contribution in [0.4, 0.5) is 0 Å². The van der Waals surface area contributed by atoms with E-state index >= 15 is 0 Å². The normalized spacial score (nSPS) is 11.3. The molecule has 0 saturated carbocycles. The van der Waals surface area contributed by atoms with Crippen LogP contribution in [-0.2, 0) is 0 Å². The van der Waals surface area contributed by atoms with Crippen molar-refractivity contribution in [2.45, 2.75) is 0 Å². The van der Waals surface area contributed by atoms with Crippen molar-refractivity contribution in [1.82, 2.24) is 4.98 Å². The molecule has 0 aliphatic heterocycles. The van der Waals surface area contributed by atoms with Gasteiger partial charge >= 0.3 is 0 Å². The molecule has 0 bridgehead atoms. The van der Waals surface area contributed by atoms with E-state index in [4.69, 9.17) is 4.42 Å². The fraction of sp³-hybridized carbons (Fsp3) is 0. The summed E-state index contributed by atoms with van der Waals surface area (Å²) in [5, 5.41) is 12.1. The fourth-order valence-corrected chi connectivity index (χ4v) is 3.45. The van der Waals surface area contributed by atoms with E-state index in [1.807, 2.05) is 29.6 Å². The summed E-state index contributed by atoms with van der Waals surface area (Å²) >= 11 is 1.46. The highest BCUT2D eigenvalue weighted by atomic mass is 32.1. The van der Waals surface area contributed by atoms with E-state index in [1.165, 1.54) is 22.5 Å². The third-order valence-corrected chi connectivity index (χ3v) is 4.85. The van der Waals surface area contributed by atoms with Crippen LogP contribution >= 0.6 is 11.3 Å². The third-order valence-electron chi connectivity index (χ3n) is 3.97. The maximum absolute atomic E-state index is 9.43. The molecule has 0 aliphatic rings. The van der Waals surface area contributed by atoms with Crippen LogP contribution in [-0.4, -0.2) is 4.98 Å². The lowest BCUT2D eigenvalue weighted by Crippen LogP contribution is -1.83. The van der Waals surface area contributed by atoms with Crippen LogP contribution in [0.2, 0.25) is 0 Å². The Balaban J connectivity index is 1.61. The van der Waals surface area contributed by atoms with E-state index in [-0.39, 0.29) is 0 Å². The molecular formula is C22H14N2OS. The molecule has 2 heterocycles. The molecule has 0 saturated heterocycles. The Kier molecular flexibility index (Phi) is 4.46. The number of hydrogen-bond acceptors (Lipinski definition) is 4. The molecule has 0 fully saturated rings. The van der Waals surface area contributed by atoms with Crippen LogP contribution in [0.15, 0.2) is 82.8 Å². The molecule has 2 aromatic carbocycles. The van der Waals surface area contributed by atoms with Crippen molar-refractivity contribution in [2.24, 2.45) is 0 Å². The van der Waals surface area contributed by atoms with E-state index in [2.05, 4.69) is 47.5 Å². The number of aromatic nitrogens is 1. The second kappa shape index (κ2) is 7.22. The van der Waals surface area contributed by atoms with Gasteiger partial charge in [0.1, 0.15) is 16.8 Å². The number of allylic oxidation sites excluding steroid dienone is 1. The molecule has 3 nitrogen and oxygen atoms in total. The van der Waals surface area contributed by atoms with E-state index in [0.717, 1.165) is 11.3 Å². The van der Waals surface area contributed by atoms with Crippen molar-refractivity contribution in [3.05, 3.63) is 89.1 Å². The number of thiazole rings is 1. The monoisotopic (exact) mass is 354 g/mol. The number of nitriles is 1. The molecule has 4 rings (SSSR count). The first kappa shape index (κ1) is 16.1. The minimum absolute atomic E-state index is 0.497. The number of furan rings is 1. The van der Waals surface area contributed by atoms with Crippen LogP contribution in [0.5, 0.6) is 0 Å². The van der Waals surface area contributed by atoms with Gasteiger partial charge in [-0.15, -0.1) is 11.3 Å². The highest BCUT2D eigenvalue weighted by Gasteiger charge is 2.10. The van der Waals surface area contributed by atoms with Crippen LogP contribution in [0.1, 0.15) is 10.8 Å². The van der Waals surface area contributed by atoms with Gasteiger partial charge in [-0.2, -0.15) is 5.26 Å². The summed E-state index contributed by atoms with van der Waals surface area (Å²) in [4.78, 5) is 4.62. The average Bonchev–Trinajstić information content (AvgIpc) is 3.39. The minimum atomic E-state index is 0.497. The minimum Gasteiger partial charge on any atom is -0.465 e. The summed E-state index contributed by atoms with van der Waals surface area (Å²) in [5.41, 5.74) is 4.75. The summed E-state index contributed by atoms with van der Waals surface area (Å²) in [6.07, 6.45) is 3.30. The zero-order valence-corrected chi connectivity index (χ0v) is 14.6. The zero-order valence-electron chi connectivity index (χ0n) is 13.8. The highest BCUT2D eigenvalue weighted by molar-refractivity contribution is 7.11. The summed E-state index contributed by atoms with van der Waals surface area (Å²) in [7, 11) is 0. The molecule has 0 atom stereocenters. The van der Waals surface area contributed by atoms with Gasteiger partial charge in [-0.05, 0) is 23.3 Å². The second-order valence-electron chi connectivity index (χ2n) is 5.67. The Hall–Kier alpha value is -3.42. The Morgan fingerprint density at radius 3 is 2.35 bits per heavy atom. The summed E-state index contributed by atoms with van der Waals surface area (Å²) < 4.78 is 5.28. The number of hydrogen-bond donors (Lipinski definition) is 0. The predicted molar refractivity (Wildman–Crippen MR) is 105 cm³/mol. The van der Waals surface area contributed by atoms with Crippen LogP contribution in [0.3, 0.4) is 0 Å². The Morgan fingerprint density at radius 2 is 1.65 bits per heavy atom. The van der Waals surface area contributed by atoms with E-state index in [1.54, 1.807) is 18.4 Å². The van der Waals surface area contributed by atoms with Crippen LogP contribution in [0, 0.1) is 11.3 Å². The Labute approximate surface area is 155 Å². The van der Waals surface area contributed by atoms with Crippen molar-refractivity contribution in [1.29, 1.82) is 5.26 Å². The smallest absolute Gasteiger partial charge is 0.134 e. The van der Waals surface area contributed by atoms with Crippen molar-refractivity contribution in [3.8, 4) is 28.5 Å². The van der Waals surface area contributed by atoms with Gasteiger partial charge in [0, 0.05) is 17.0 Å². The fourth-order valence-electron chi connectivity index (χ4n) is 2.65. The summed E-state index contributed by atoms with van der Waals surface area (Å²) in [5.74, 6) is 0.644. The first-order valence-corrected chi connectivity index (χ1v) is 8.98. The first-order valence-electron chi connectivity index (χ1n) is 8.10. The van der Waals surface area contributed by atoms with Gasteiger partial charge in [0.2, 0.25) is 0 Å². The number of nitrogens with zero attached hydrogens (tertiary/aromatic N) is 2. The summed E-state index contributed by atoms with van der Waals surface area (Å²) in [6, 6.07) is 24.4. The topological polar surface area (TPSA) is 49.8 Å². The molecule has 0 spiro atoms. The van der Waals surface area contributed by atoms with Gasteiger partial charge in [0.25, 0.3) is 0 Å². The maximum Gasteiger partial charge on any atom is 0.134 e. The Morgan fingerprint density at radius 1 is 0.923 bits per heavy atom. The average molecular weight is 354 g/mol. The molecule has 0 N–H and O–H groups in total. The first-order chi connectivity index (χ1) is 12.8. The second-order valence-corrected chi connectivity index (χ2v) is 6.52. The summed E-state index contributed by atoms with van der Waals surface area (Å²) in [6.45, 7) is 0. The van der Waals surface area contributed by atoms with Crippen LogP contribution in [0.25, 0.3) is 34.0 Å². The SMILES string of the molecule is N#CC(=Cc1ccco1)c1nc(-c2ccc(-c3ccccc3)cc2)cs1. The largest absolute Gasteiger partial charge is 0.465 e. The van der Waals surface area contributed by atoms with E-state index in [0.29, 0.717) is 16.3 Å². The zero-order chi connectivity index (χ0) is 17.8. The highest BCUT2D eigenvalue weighted by Crippen LogP contribution is 2.29. The molecule has 0 unspecified atom stereocenters. The van der Waals surface area contributed by atoms with Gasteiger partial charge in [-0.1, -0.05) is 54.6 Å². The number of rotatable bonds is 4. The molecule has 4 heteroatoms. The molecule has 4 aromatic rings. The van der Waals surface area contributed by atoms with Crippen molar-refractivity contribution in [3.63, 3.8) is 0 Å². The van der Waals surface area contributed by atoms with Gasteiger partial charge < -0.3 is 4.42 Å². The standard InChI is InChI=1S/C22H14N2OS/c23-14-19(13-20-7-4-12-25-20)22-24-21(15-26-22)18-10-8-17(9-11-18)16-5-2-1-3-6-16/h1-13,15H. The lowest BCUT2D eigenvalue weighted by Gasteiger charge is -2.02. The van der Waals surface area contributed by atoms with Gasteiger partial charge in [0.05, 0.1) is 17.5 Å². The van der Waals surface area contributed by atoms with Gasteiger partial charge in [-0.3, -0.25) is 0 Å². The molecule has 26 heavy (non-hydrogen) atoms. The van der Waals surface area contributed by atoms with E-state index < -0.39 is 0 Å².